The van der Waals surface area contributed by atoms with Crippen LogP contribution in [0.4, 0.5) is 0 Å². The molecular formula is C10H16BrN3O2S. The molecule has 7 heteroatoms. The molecule has 0 spiro atoms. The number of H-pyrrole nitrogens is 1. The molecule has 2 rings (SSSR count). The molecule has 0 aliphatic carbocycles. The van der Waals surface area contributed by atoms with E-state index >= 15 is 0 Å². The molecule has 0 bridgehead atoms. The minimum absolute atomic E-state index is 0.249. The fourth-order valence-electron chi connectivity index (χ4n) is 2.16. The van der Waals surface area contributed by atoms with Gasteiger partial charge >= 0.3 is 0 Å². The number of piperidine rings is 1. The number of hydrogen-bond acceptors (Lipinski definition) is 3. The molecule has 1 aliphatic rings. The monoisotopic (exact) mass is 321 g/mol. The number of sulfonamides is 1. The van der Waals surface area contributed by atoms with Crippen LogP contribution < -0.4 is 0 Å². The van der Waals surface area contributed by atoms with Crippen LogP contribution in [-0.4, -0.2) is 40.8 Å². The number of aryl methyl sites for hydroxylation is 2. The van der Waals surface area contributed by atoms with Crippen LogP contribution in [0.1, 0.15) is 24.2 Å². The average Bonchev–Trinajstić information content (AvgIpc) is 2.59. The maximum atomic E-state index is 12.5. The Hall–Kier alpha value is -0.400. The maximum absolute atomic E-state index is 12.5. The van der Waals surface area contributed by atoms with Crippen molar-refractivity contribution in [2.24, 2.45) is 0 Å². The van der Waals surface area contributed by atoms with E-state index in [4.69, 9.17) is 0 Å². The summed E-state index contributed by atoms with van der Waals surface area (Å²) in [6.07, 6.45) is 1.92. The lowest BCUT2D eigenvalue weighted by Crippen LogP contribution is -2.40. The normalized spacial score (nSPS) is 22.9. The summed E-state index contributed by atoms with van der Waals surface area (Å²) in [5, 5.41) is 6.68. The van der Waals surface area contributed by atoms with Crippen molar-refractivity contribution in [3.05, 3.63) is 11.4 Å². The SMILES string of the molecule is Cc1n[nH]c(C)c1S(=O)(=O)N1CCCC(Br)C1. The molecule has 1 unspecified atom stereocenters. The lowest BCUT2D eigenvalue weighted by molar-refractivity contribution is 0.355. The Morgan fingerprint density at radius 1 is 1.47 bits per heavy atom. The van der Waals surface area contributed by atoms with Crippen LogP contribution in [-0.2, 0) is 10.0 Å². The fraction of sp³-hybridized carbons (Fsp3) is 0.700. The standard InChI is InChI=1S/C10H16BrN3O2S/c1-7-10(8(2)13-12-7)17(15,16)14-5-3-4-9(11)6-14/h9H,3-6H2,1-2H3,(H,12,13). The summed E-state index contributed by atoms with van der Waals surface area (Å²) in [7, 11) is -3.40. The van der Waals surface area contributed by atoms with E-state index < -0.39 is 10.0 Å². The second kappa shape index (κ2) is 4.70. The average molecular weight is 322 g/mol. The zero-order valence-corrected chi connectivity index (χ0v) is 12.3. The van der Waals surface area contributed by atoms with Gasteiger partial charge in [0, 0.05) is 17.9 Å². The first-order valence-electron chi connectivity index (χ1n) is 5.58. The van der Waals surface area contributed by atoms with Gasteiger partial charge in [0.2, 0.25) is 10.0 Å². The van der Waals surface area contributed by atoms with Gasteiger partial charge in [0.1, 0.15) is 4.90 Å². The van der Waals surface area contributed by atoms with E-state index in [1.54, 1.807) is 18.2 Å². The van der Waals surface area contributed by atoms with Crippen molar-refractivity contribution in [3.63, 3.8) is 0 Å². The third-order valence-electron chi connectivity index (χ3n) is 2.98. The molecule has 5 nitrogen and oxygen atoms in total. The highest BCUT2D eigenvalue weighted by Gasteiger charge is 2.32. The molecule has 0 radical (unpaired) electrons. The summed E-state index contributed by atoms with van der Waals surface area (Å²) in [6, 6.07) is 0. The molecule has 0 saturated carbocycles. The van der Waals surface area contributed by atoms with E-state index in [0.29, 0.717) is 29.4 Å². The van der Waals surface area contributed by atoms with E-state index in [2.05, 4.69) is 26.1 Å². The Bertz CT molecular complexity index is 492. The number of nitrogens with zero attached hydrogens (tertiary/aromatic N) is 2. The number of nitrogens with one attached hydrogen (secondary N) is 1. The predicted octanol–water partition coefficient (Wildman–Crippen LogP) is 1.57. The summed E-state index contributed by atoms with van der Waals surface area (Å²) in [5.41, 5.74) is 1.15. The zero-order chi connectivity index (χ0) is 12.6. The Kier molecular flexibility index (Phi) is 3.61. The van der Waals surface area contributed by atoms with Gasteiger partial charge in [-0.25, -0.2) is 8.42 Å². The fourth-order valence-corrected chi connectivity index (χ4v) is 4.88. The summed E-state index contributed by atoms with van der Waals surface area (Å²) in [4.78, 5) is 0.581. The highest BCUT2D eigenvalue weighted by atomic mass is 79.9. The van der Waals surface area contributed by atoms with Gasteiger partial charge in [0.15, 0.2) is 0 Å². The minimum atomic E-state index is -3.40. The second-order valence-electron chi connectivity index (χ2n) is 4.37. The maximum Gasteiger partial charge on any atom is 0.246 e. The quantitative estimate of drug-likeness (QED) is 0.841. The molecule has 96 valence electrons. The van der Waals surface area contributed by atoms with Gasteiger partial charge in [-0.05, 0) is 26.7 Å². The van der Waals surface area contributed by atoms with Crippen molar-refractivity contribution in [2.75, 3.05) is 13.1 Å². The van der Waals surface area contributed by atoms with Gasteiger partial charge in [0.05, 0.1) is 11.4 Å². The van der Waals surface area contributed by atoms with Gasteiger partial charge in [-0.3, -0.25) is 5.10 Å². The molecule has 2 heterocycles. The topological polar surface area (TPSA) is 66.1 Å². The summed E-state index contributed by atoms with van der Waals surface area (Å²) in [6.45, 7) is 4.58. The minimum Gasteiger partial charge on any atom is -0.281 e. The number of rotatable bonds is 2. The van der Waals surface area contributed by atoms with Crippen molar-refractivity contribution < 1.29 is 8.42 Å². The third kappa shape index (κ3) is 2.41. The van der Waals surface area contributed by atoms with Crippen LogP contribution in [0.5, 0.6) is 0 Å². The van der Waals surface area contributed by atoms with Gasteiger partial charge < -0.3 is 0 Å². The number of halogens is 1. The highest BCUT2D eigenvalue weighted by molar-refractivity contribution is 9.09. The van der Waals surface area contributed by atoms with Gasteiger partial charge in [-0.1, -0.05) is 15.9 Å². The van der Waals surface area contributed by atoms with Gasteiger partial charge in [-0.15, -0.1) is 0 Å². The Morgan fingerprint density at radius 2 is 2.18 bits per heavy atom. The van der Waals surface area contributed by atoms with Crippen LogP contribution in [0.2, 0.25) is 0 Å². The molecule has 1 aliphatic heterocycles. The van der Waals surface area contributed by atoms with Crippen LogP contribution in [0.25, 0.3) is 0 Å². The van der Waals surface area contributed by atoms with E-state index in [-0.39, 0.29) is 4.83 Å². The van der Waals surface area contributed by atoms with E-state index in [0.717, 1.165) is 12.8 Å². The van der Waals surface area contributed by atoms with Crippen LogP contribution >= 0.6 is 15.9 Å². The van der Waals surface area contributed by atoms with Crippen molar-refractivity contribution in [3.8, 4) is 0 Å². The van der Waals surface area contributed by atoms with Crippen molar-refractivity contribution in [1.82, 2.24) is 14.5 Å². The second-order valence-corrected chi connectivity index (χ2v) is 7.54. The summed E-state index contributed by atoms with van der Waals surface area (Å²) >= 11 is 3.49. The Morgan fingerprint density at radius 3 is 2.71 bits per heavy atom. The van der Waals surface area contributed by atoms with Gasteiger partial charge in [-0.2, -0.15) is 9.40 Å². The lowest BCUT2D eigenvalue weighted by atomic mass is 10.2. The van der Waals surface area contributed by atoms with Crippen LogP contribution in [0.15, 0.2) is 4.90 Å². The number of alkyl halides is 1. The van der Waals surface area contributed by atoms with Crippen LogP contribution in [0.3, 0.4) is 0 Å². The summed E-state index contributed by atoms with van der Waals surface area (Å²) < 4.78 is 26.5. The Labute approximate surface area is 110 Å². The van der Waals surface area contributed by atoms with Crippen molar-refractivity contribution in [1.29, 1.82) is 0 Å². The number of aromatic amines is 1. The smallest absolute Gasteiger partial charge is 0.246 e. The largest absolute Gasteiger partial charge is 0.281 e. The third-order valence-corrected chi connectivity index (χ3v) is 5.86. The molecule has 17 heavy (non-hydrogen) atoms. The van der Waals surface area contributed by atoms with Crippen molar-refractivity contribution >= 4 is 26.0 Å². The molecule has 0 amide bonds. The van der Waals surface area contributed by atoms with E-state index in [1.807, 2.05) is 0 Å². The number of hydrogen-bond donors (Lipinski definition) is 1. The molecule has 1 N–H and O–H groups in total. The molecule has 0 aromatic carbocycles. The van der Waals surface area contributed by atoms with Crippen molar-refractivity contribution in [2.45, 2.75) is 36.4 Å². The molecule has 1 fully saturated rings. The first kappa shape index (κ1) is 13.0. The molecule has 1 aromatic heterocycles. The molecule has 1 saturated heterocycles. The van der Waals surface area contributed by atoms with E-state index in [1.165, 1.54) is 0 Å². The molecule has 1 aromatic rings. The first-order valence-corrected chi connectivity index (χ1v) is 7.94. The predicted molar refractivity (Wildman–Crippen MR) is 68.8 cm³/mol. The molecule has 1 atom stereocenters. The van der Waals surface area contributed by atoms with Gasteiger partial charge in [0.25, 0.3) is 0 Å². The summed E-state index contributed by atoms with van der Waals surface area (Å²) in [5.74, 6) is 0. The molecular weight excluding hydrogens is 306 g/mol. The number of aromatic nitrogens is 2. The Balaban J connectivity index is 2.36. The highest BCUT2D eigenvalue weighted by Crippen LogP contribution is 2.26. The van der Waals surface area contributed by atoms with Crippen LogP contribution in [0, 0.1) is 13.8 Å². The zero-order valence-electron chi connectivity index (χ0n) is 9.90. The van der Waals surface area contributed by atoms with E-state index in [9.17, 15) is 8.42 Å². The first-order chi connectivity index (χ1) is 7.93. The lowest BCUT2D eigenvalue weighted by Gasteiger charge is -2.29.